The number of likely N-dealkylation sites (N-methyl/N-ethyl adjacent to an activating group) is 1. The van der Waals surface area contributed by atoms with Crippen LogP contribution in [0.5, 0.6) is 0 Å². The number of amides is 3. The number of urea groups is 1. The van der Waals surface area contributed by atoms with E-state index in [1.807, 2.05) is 25.2 Å². The molecular formula is C17H29N5O2. The molecule has 0 bridgehead atoms. The molecule has 1 aromatic carbocycles. The molecule has 24 heavy (non-hydrogen) atoms. The summed E-state index contributed by atoms with van der Waals surface area (Å²) in [5, 5.41) is 11.6. The summed E-state index contributed by atoms with van der Waals surface area (Å²) in [5.41, 5.74) is 8.26. The van der Waals surface area contributed by atoms with Crippen molar-refractivity contribution in [2.75, 3.05) is 26.0 Å². The zero-order valence-corrected chi connectivity index (χ0v) is 14.7. The van der Waals surface area contributed by atoms with Gasteiger partial charge in [0.05, 0.1) is 6.04 Å². The highest BCUT2D eigenvalue weighted by Gasteiger charge is 2.16. The molecule has 0 unspecified atom stereocenters. The Hall–Kier alpha value is -2.12. The molecule has 0 spiro atoms. The van der Waals surface area contributed by atoms with Gasteiger partial charge >= 0.3 is 6.03 Å². The van der Waals surface area contributed by atoms with Crippen LogP contribution in [0.3, 0.4) is 0 Å². The molecule has 0 radical (unpaired) electrons. The van der Waals surface area contributed by atoms with Crippen LogP contribution in [0.1, 0.15) is 30.9 Å². The minimum atomic E-state index is -0.548. The fraction of sp³-hybridized carbons (Fsp3) is 0.529. The number of hydrogen-bond acceptors (Lipinski definition) is 4. The molecule has 1 aromatic rings. The van der Waals surface area contributed by atoms with Gasteiger partial charge in [0.25, 0.3) is 0 Å². The number of carbonyl (C=O) groups excluding carboxylic acids is 2. The van der Waals surface area contributed by atoms with Crippen molar-refractivity contribution in [1.82, 2.24) is 16.0 Å². The van der Waals surface area contributed by atoms with E-state index >= 15 is 0 Å². The Kier molecular flexibility index (Phi) is 8.81. The van der Waals surface area contributed by atoms with Crippen molar-refractivity contribution in [1.29, 1.82) is 0 Å². The van der Waals surface area contributed by atoms with Crippen molar-refractivity contribution < 1.29 is 9.59 Å². The summed E-state index contributed by atoms with van der Waals surface area (Å²) < 4.78 is 0. The van der Waals surface area contributed by atoms with E-state index in [1.165, 1.54) is 11.1 Å². The van der Waals surface area contributed by atoms with Gasteiger partial charge in [-0.15, -0.1) is 0 Å². The van der Waals surface area contributed by atoms with Gasteiger partial charge in [0, 0.05) is 18.8 Å². The number of nitrogens with one attached hydrogen (secondary N) is 4. The largest absolute Gasteiger partial charge is 0.352 e. The molecule has 0 aliphatic carbocycles. The minimum Gasteiger partial charge on any atom is -0.352 e. The minimum absolute atomic E-state index is 0.0868. The number of hydrogen-bond donors (Lipinski definition) is 5. The van der Waals surface area contributed by atoms with Crippen molar-refractivity contribution in [2.24, 2.45) is 5.73 Å². The lowest BCUT2D eigenvalue weighted by Crippen LogP contribution is -2.39. The van der Waals surface area contributed by atoms with Gasteiger partial charge in [-0.05, 0) is 56.6 Å². The number of anilines is 1. The lowest BCUT2D eigenvalue weighted by Gasteiger charge is -2.17. The van der Waals surface area contributed by atoms with E-state index < -0.39 is 6.03 Å². The molecule has 1 rings (SSSR count). The van der Waals surface area contributed by atoms with E-state index in [9.17, 15) is 9.59 Å². The number of benzene rings is 1. The van der Waals surface area contributed by atoms with Crippen molar-refractivity contribution in [3.8, 4) is 0 Å². The Balaban J connectivity index is 2.63. The average molecular weight is 335 g/mol. The summed E-state index contributed by atoms with van der Waals surface area (Å²) in [6.45, 7) is 3.34. The first kappa shape index (κ1) is 19.9. The third kappa shape index (κ3) is 6.55. The first-order chi connectivity index (χ1) is 11.5. The Morgan fingerprint density at radius 2 is 1.96 bits per heavy atom. The topological polar surface area (TPSA) is 108 Å². The van der Waals surface area contributed by atoms with E-state index in [4.69, 9.17) is 5.73 Å². The van der Waals surface area contributed by atoms with E-state index in [-0.39, 0.29) is 11.9 Å². The van der Waals surface area contributed by atoms with E-state index in [0.29, 0.717) is 19.4 Å². The molecule has 7 heteroatoms. The predicted molar refractivity (Wildman–Crippen MR) is 96.9 cm³/mol. The quantitative estimate of drug-likeness (QED) is 0.410. The Bertz CT molecular complexity index is 548. The van der Waals surface area contributed by atoms with Gasteiger partial charge in [-0.1, -0.05) is 13.0 Å². The number of carbonyl (C=O) groups is 2. The van der Waals surface area contributed by atoms with Gasteiger partial charge in [0.15, 0.2) is 0 Å². The molecule has 0 saturated heterocycles. The maximum absolute atomic E-state index is 12.4. The molecule has 0 saturated carbocycles. The average Bonchev–Trinajstić information content (AvgIpc) is 2.55. The molecule has 0 aromatic heterocycles. The second-order valence-corrected chi connectivity index (χ2v) is 5.63. The summed E-state index contributed by atoms with van der Waals surface area (Å²) in [6, 6.07) is 5.12. The Labute approximate surface area is 143 Å². The van der Waals surface area contributed by atoms with Gasteiger partial charge in [0.1, 0.15) is 0 Å². The SMILES string of the molecule is CCc1ccc(NC(=O)[C@H](CCCNC(N)=O)NC)cc1CNC. The second kappa shape index (κ2) is 10.6. The summed E-state index contributed by atoms with van der Waals surface area (Å²) in [6.07, 6.45) is 2.23. The molecule has 0 aliphatic rings. The lowest BCUT2D eigenvalue weighted by atomic mass is 10.0. The van der Waals surface area contributed by atoms with Crippen LogP contribution in [0.4, 0.5) is 10.5 Å². The molecule has 1 atom stereocenters. The fourth-order valence-corrected chi connectivity index (χ4v) is 2.56. The van der Waals surface area contributed by atoms with Gasteiger partial charge < -0.3 is 27.0 Å². The van der Waals surface area contributed by atoms with Crippen molar-refractivity contribution in [2.45, 2.75) is 38.8 Å². The van der Waals surface area contributed by atoms with Gasteiger partial charge in [0.2, 0.25) is 5.91 Å². The molecule has 7 nitrogen and oxygen atoms in total. The molecule has 3 amide bonds. The Morgan fingerprint density at radius 3 is 2.54 bits per heavy atom. The first-order valence-electron chi connectivity index (χ1n) is 8.29. The molecular weight excluding hydrogens is 306 g/mol. The monoisotopic (exact) mass is 335 g/mol. The second-order valence-electron chi connectivity index (χ2n) is 5.63. The van der Waals surface area contributed by atoms with E-state index in [2.05, 4.69) is 28.2 Å². The van der Waals surface area contributed by atoms with Crippen LogP contribution in [0.15, 0.2) is 18.2 Å². The van der Waals surface area contributed by atoms with Gasteiger partial charge in [-0.2, -0.15) is 0 Å². The normalized spacial score (nSPS) is 11.8. The van der Waals surface area contributed by atoms with E-state index in [1.54, 1.807) is 7.05 Å². The van der Waals surface area contributed by atoms with Crippen LogP contribution in [0, 0.1) is 0 Å². The molecule has 0 aliphatic heterocycles. The maximum atomic E-state index is 12.4. The van der Waals surface area contributed by atoms with Crippen LogP contribution < -0.4 is 27.0 Å². The van der Waals surface area contributed by atoms with Crippen LogP contribution in [-0.4, -0.2) is 38.6 Å². The van der Waals surface area contributed by atoms with Crippen molar-refractivity contribution in [3.63, 3.8) is 0 Å². The number of primary amides is 1. The van der Waals surface area contributed by atoms with Gasteiger partial charge in [-0.3, -0.25) is 4.79 Å². The highest BCUT2D eigenvalue weighted by molar-refractivity contribution is 5.94. The van der Waals surface area contributed by atoms with Crippen LogP contribution in [0.25, 0.3) is 0 Å². The zero-order chi connectivity index (χ0) is 17.9. The standard InChI is InChI=1S/C17H29N5O2/c1-4-12-7-8-14(10-13(12)11-19-2)22-16(23)15(20-3)6-5-9-21-17(18)24/h7-8,10,15,19-20H,4-6,9,11H2,1-3H3,(H,22,23)(H3,18,21,24)/t15-/m0/s1. The number of aryl methyl sites for hydroxylation is 1. The summed E-state index contributed by atoms with van der Waals surface area (Å²) >= 11 is 0. The van der Waals surface area contributed by atoms with E-state index in [0.717, 1.165) is 18.7 Å². The van der Waals surface area contributed by atoms with Crippen LogP contribution >= 0.6 is 0 Å². The summed E-state index contributed by atoms with van der Waals surface area (Å²) in [4.78, 5) is 23.0. The van der Waals surface area contributed by atoms with Crippen molar-refractivity contribution in [3.05, 3.63) is 29.3 Å². The van der Waals surface area contributed by atoms with Crippen molar-refractivity contribution >= 4 is 17.6 Å². The molecule has 6 N–H and O–H groups in total. The summed E-state index contributed by atoms with van der Waals surface area (Å²) in [7, 11) is 3.65. The predicted octanol–water partition coefficient (Wildman–Crippen LogP) is 0.943. The fourth-order valence-electron chi connectivity index (χ4n) is 2.56. The Morgan fingerprint density at radius 1 is 1.21 bits per heavy atom. The third-order valence-electron chi connectivity index (χ3n) is 3.86. The molecule has 134 valence electrons. The maximum Gasteiger partial charge on any atom is 0.312 e. The summed E-state index contributed by atoms with van der Waals surface area (Å²) in [5.74, 6) is -0.0868. The molecule has 0 fully saturated rings. The highest BCUT2D eigenvalue weighted by atomic mass is 16.2. The lowest BCUT2D eigenvalue weighted by molar-refractivity contribution is -0.118. The molecule has 0 heterocycles. The highest BCUT2D eigenvalue weighted by Crippen LogP contribution is 2.17. The van der Waals surface area contributed by atoms with Gasteiger partial charge in [-0.25, -0.2) is 4.79 Å². The van der Waals surface area contributed by atoms with Crippen LogP contribution in [-0.2, 0) is 17.8 Å². The zero-order valence-electron chi connectivity index (χ0n) is 14.7. The number of nitrogens with two attached hydrogens (primary N) is 1. The smallest absolute Gasteiger partial charge is 0.312 e. The van der Waals surface area contributed by atoms with Crippen LogP contribution in [0.2, 0.25) is 0 Å². The number of rotatable bonds is 10. The third-order valence-corrected chi connectivity index (χ3v) is 3.86. The first-order valence-corrected chi connectivity index (χ1v) is 8.29.